The van der Waals surface area contributed by atoms with E-state index in [1.165, 1.54) is 9.58 Å². The number of hydrogen-bond donors (Lipinski definition) is 3. The summed E-state index contributed by atoms with van der Waals surface area (Å²) in [4.78, 5) is 40.5. The van der Waals surface area contributed by atoms with Crippen molar-refractivity contribution in [2.24, 2.45) is 5.92 Å². The summed E-state index contributed by atoms with van der Waals surface area (Å²) in [5.41, 5.74) is 9.72. The molecule has 15 heteroatoms. The predicted molar refractivity (Wildman–Crippen MR) is 146 cm³/mol. The molecule has 216 valence electrons. The number of carbonyl (C=O) groups excluding carboxylic acids is 1. The number of piperazine rings is 1. The van der Waals surface area contributed by atoms with Crippen molar-refractivity contribution in [3.8, 4) is 6.07 Å². The van der Waals surface area contributed by atoms with Crippen molar-refractivity contribution < 1.29 is 18.3 Å². The third-order valence-corrected chi connectivity index (χ3v) is 6.85. The van der Waals surface area contributed by atoms with Gasteiger partial charge in [-0.2, -0.15) is 15.2 Å². The lowest BCUT2D eigenvalue weighted by Crippen LogP contribution is -2.57. The molecule has 0 unspecified atom stereocenters. The van der Waals surface area contributed by atoms with E-state index in [4.69, 9.17) is 16.2 Å². The average Bonchev–Trinajstić information content (AvgIpc) is 3.73. The average molecular weight is 569 g/mol. The smallest absolute Gasteiger partial charge is 0.410 e. The zero-order valence-electron chi connectivity index (χ0n) is 22.8. The first-order chi connectivity index (χ1) is 19.4. The number of hydrogen-bond acceptors (Lipinski definition) is 11. The van der Waals surface area contributed by atoms with Gasteiger partial charge >= 0.3 is 6.09 Å². The molecule has 0 spiro atoms. The van der Waals surface area contributed by atoms with Gasteiger partial charge < -0.3 is 31.4 Å². The summed E-state index contributed by atoms with van der Waals surface area (Å²) in [5, 5.41) is 14.0. The molecule has 3 heterocycles. The highest BCUT2D eigenvalue weighted by Gasteiger charge is 2.39. The minimum Gasteiger partial charge on any atom is -0.444 e. The third-order valence-electron chi connectivity index (χ3n) is 6.85. The van der Waals surface area contributed by atoms with E-state index in [9.17, 15) is 23.6 Å². The first kappa shape index (κ1) is 27.8. The molecule has 0 radical (unpaired) electrons. The Hall–Kier alpha value is -4.74. The number of nitrogens with one attached hydrogen (secondary N) is 1. The molecule has 2 aromatic heterocycles. The van der Waals surface area contributed by atoms with E-state index in [1.807, 2.05) is 6.07 Å². The van der Waals surface area contributed by atoms with Crippen LogP contribution >= 0.6 is 0 Å². The first-order valence-corrected chi connectivity index (χ1v) is 13.1. The van der Waals surface area contributed by atoms with E-state index in [0.29, 0.717) is 0 Å². The van der Waals surface area contributed by atoms with Crippen LogP contribution in [0.2, 0.25) is 0 Å². The molecule has 2 fully saturated rings. The van der Waals surface area contributed by atoms with Crippen LogP contribution in [0, 0.1) is 28.9 Å². The number of anilines is 3. The number of nitrogens with zero attached hydrogens (tertiary/aromatic N) is 7. The summed E-state index contributed by atoms with van der Waals surface area (Å²) < 4.78 is 36.6. The molecule has 5 rings (SSSR count). The Morgan fingerprint density at radius 2 is 1.78 bits per heavy atom. The number of carbonyl (C=O) groups is 1. The summed E-state index contributed by atoms with van der Waals surface area (Å²) in [6.07, 6.45) is 0.985. The summed E-state index contributed by atoms with van der Waals surface area (Å²) in [6, 6.07) is 2.99. The molecule has 3 aromatic rings. The van der Waals surface area contributed by atoms with E-state index in [-0.39, 0.29) is 61.1 Å². The first-order valence-electron chi connectivity index (χ1n) is 13.1. The highest BCUT2D eigenvalue weighted by Crippen LogP contribution is 2.43. The lowest BCUT2D eigenvalue weighted by Gasteiger charge is -2.38. The topological polar surface area (TPSA) is 181 Å². The molecule has 0 bridgehead atoms. The molecule has 1 aliphatic heterocycles. The van der Waals surface area contributed by atoms with E-state index >= 15 is 0 Å². The van der Waals surface area contributed by atoms with Gasteiger partial charge in [-0.1, -0.05) is 0 Å². The number of nitriles is 1. The van der Waals surface area contributed by atoms with E-state index in [1.54, 1.807) is 25.8 Å². The number of fused-ring (bicyclic) bond motifs is 1. The van der Waals surface area contributed by atoms with Crippen LogP contribution in [0.25, 0.3) is 10.9 Å². The molecule has 1 aliphatic carbocycles. The Bertz CT molecular complexity index is 1620. The molecule has 1 atom stereocenters. The predicted octanol–water partition coefficient (Wildman–Crippen LogP) is 2.25. The van der Waals surface area contributed by atoms with Crippen LogP contribution in [-0.4, -0.2) is 62.4 Å². The van der Waals surface area contributed by atoms with Gasteiger partial charge in [0.25, 0.3) is 5.56 Å². The lowest BCUT2D eigenvalue weighted by atomic mass is 10.1. The van der Waals surface area contributed by atoms with Crippen LogP contribution in [0.15, 0.2) is 16.9 Å². The third kappa shape index (κ3) is 5.49. The molecular formula is C26H30F2N10O3. The van der Waals surface area contributed by atoms with Crippen LogP contribution in [0.3, 0.4) is 0 Å². The fraction of sp³-hybridized carbons (Fsp3) is 0.462. The maximum Gasteiger partial charge on any atom is 0.410 e. The van der Waals surface area contributed by atoms with Gasteiger partial charge in [0, 0.05) is 13.1 Å². The molecule has 1 saturated heterocycles. The van der Waals surface area contributed by atoms with Crippen LogP contribution < -0.4 is 27.4 Å². The Kier molecular flexibility index (Phi) is 7.02. The second-order valence-electron chi connectivity index (χ2n) is 11.0. The quantitative estimate of drug-likeness (QED) is 0.411. The van der Waals surface area contributed by atoms with Gasteiger partial charge in [-0.3, -0.25) is 4.79 Å². The van der Waals surface area contributed by atoms with Gasteiger partial charge in [-0.25, -0.2) is 23.2 Å². The molecule has 13 nitrogen and oxygen atoms in total. The van der Waals surface area contributed by atoms with E-state index in [0.717, 1.165) is 25.0 Å². The minimum atomic E-state index is -0.911. The minimum absolute atomic E-state index is 0.0322. The number of halogens is 2. The van der Waals surface area contributed by atoms with Crippen LogP contribution in [0.5, 0.6) is 0 Å². The fourth-order valence-electron chi connectivity index (χ4n) is 4.79. The van der Waals surface area contributed by atoms with Crippen molar-refractivity contribution in [3.63, 3.8) is 0 Å². The summed E-state index contributed by atoms with van der Waals surface area (Å²) in [7, 11) is 0. The normalized spacial score (nSPS) is 16.4. The second kappa shape index (κ2) is 10.3. The molecule has 5 N–H and O–H groups in total. The number of amides is 1. The molecule has 2 aliphatic rings. The van der Waals surface area contributed by atoms with Crippen molar-refractivity contribution in [1.29, 1.82) is 5.26 Å². The van der Waals surface area contributed by atoms with Crippen molar-refractivity contribution >= 4 is 34.6 Å². The van der Waals surface area contributed by atoms with Crippen molar-refractivity contribution in [3.05, 3.63) is 45.5 Å². The highest BCUT2D eigenvalue weighted by atomic mass is 19.1. The van der Waals surface area contributed by atoms with Gasteiger partial charge in [0.2, 0.25) is 5.95 Å². The van der Waals surface area contributed by atoms with Gasteiger partial charge in [-0.15, -0.1) is 0 Å². The second-order valence-corrected chi connectivity index (χ2v) is 11.0. The number of benzene rings is 1. The van der Waals surface area contributed by atoms with Crippen molar-refractivity contribution in [2.75, 3.05) is 48.0 Å². The molecule has 1 amide bonds. The lowest BCUT2D eigenvalue weighted by molar-refractivity contribution is 0.0231. The Morgan fingerprint density at radius 3 is 2.39 bits per heavy atom. The molecule has 41 heavy (non-hydrogen) atoms. The number of ether oxygens (including phenoxy) is 1. The zero-order valence-corrected chi connectivity index (χ0v) is 22.8. The number of rotatable bonds is 5. The zero-order chi connectivity index (χ0) is 29.6. The number of aromatic nitrogens is 4. The van der Waals surface area contributed by atoms with E-state index < -0.39 is 45.8 Å². The van der Waals surface area contributed by atoms with E-state index in [2.05, 4.69) is 20.3 Å². The Balaban J connectivity index is 1.60. The maximum atomic E-state index is 14.9. The largest absolute Gasteiger partial charge is 0.444 e. The van der Waals surface area contributed by atoms with Gasteiger partial charge in [0.15, 0.2) is 11.6 Å². The number of nitrogens with two attached hydrogens (primary N) is 2. The number of nitrogen functional groups attached to an aromatic ring is 2. The van der Waals surface area contributed by atoms with Crippen LogP contribution in [0.1, 0.15) is 51.0 Å². The fourth-order valence-corrected chi connectivity index (χ4v) is 4.79. The summed E-state index contributed by atoms with van der Waals surface area (Å²) in [5.74, 6) is -2.02. The Morgan fingerprint density at radius 1 is 1.12 bits per heavy atom. The van der Waals surface area contributed by atoms with Gasteiger partial charge in [0.1, 0.15) is 45.6 Å². The van der Waals surface area contributed by atoms with Gasteiger partial charge in [0.05, 0.1) is 19.1 Å². The molecular weight excluding hydrogens is 538 g/mol. The standard InChI is InChI=1S/C26H30F2N10O3/c1-26(2,3)41-25(40)36-8-10-37(11-9-36)38-22(33-19-16(28)7-6-15(27)17(19)23(38)39)18(13-4-5-13)32-21-14(12-29)20(30)34-24(31)35-21/h6-7,13,18H,4-5,8-11H2,1-3H3,(H5,30,31,32,34,35)/t18-/m0/s1. The summed E-state index contributed by atoms with van der Waals surface area (Å²) >= 11 is 0. The van der Waals surface area contributed by atoms with Gasteiger partial charge in [-0.05, 0) is 51.7 Å². The maximum absolute atomic E-state index is 14.9. The SMILES string of the molecule is CC(C)(C)OC(=O)N1CCN(n2c([C@@H](Nc3nc(N)nc(N)c3C#N)C3CC3)nc3c(F)ccc(F)c3c2=O)CC1. The monoisotopic (exact) mass is 568 g/mol. The molecule has 1 saturated carbocycles. The van der Waals surface area contributed by atoms with Crippen molar-refractivity contribution in [1.82, 2.24) is 24.5 Å². The molecule has 1 aromatic carbocycles. The highest BCUT2D eigenvalue weighted by molar-refractivity contribution is 5.79. The Labute approximate surface area is 233 Å². The van der Waals surface area contributed by atoms with Crippen molar-refractivity contribution in [2.45, 2.75) is 45.3 Å². The summed E-state index contributed by atoms with van der Waals surface area (Å²) in [6.45, 7) is 6.09. The van der Waals surface area contributed by atoms with Crippen LogP contribution in [-0.2, 0) is 4.74 Å². The van der Waals surface area contributed by atoms with Crippen LogP contribution in [0.4, 0.5) is 31.2 Å².